The molecule has 0 saturated heterocycles. The second-order valence-corrected chi connectivity index (χ2v) is 6.06. The highest BCUT2D eigenvalue weighted by Crippen LogP contribution is 2.28. The highest BCUT2D eigenvalue weighted by molar-refractivity contribution is 5.97. The Morgan fingerprint density at radius 3 is 2.60 bits per heavy atom. The Balaban J connectivity index is 1.91. The first-order valence-corrected chi connectivity index (χ1v) is 7.83. The van der Waals surface area contributed by atoms with Gasteiger partial charge in [0.05, 0.1) is 5.92 Å². The fourth-order valence-corrected chi connectivity index (χ4v) is 3.02. The van der Waals surface area contributed by atoms with Gasteiger partial charge < -0.3 is 15.1 Å². The molecule has 0 atom stereocenters. The molecule has 10 heteroatoms. The minimum atomic E-state index is -4.59. The van der Waals surface area contributed by atoms with Crippen molar-refractivity contribution >= 4 is 11.9 Å². The maximum absolute atomic E-state index is 12.6. The summed E-state index contributed by atoms with van der Waals surface area (Å²) in [6.45, 7) is -1.86. The first kappa shape index (κ1) is 17.3. The van der Waals surface area contributed by atoms with Gasteiger partial charge in [-0.1, -0.05) is 12.8 Å². The number of fused-ring (bicyclic) bond motifs is 1. The molecule has 2 aliphatic rings. The smallest absolute Gasteiger partial charge is 0.406 e. The zero-order valence-corrected chi connectivity index (χ0v) is 13.1. The second kappa shape index (κ2) is 6.41. The van der Waals surface area contributed by atoms with Crippen LogP contribution >= 0.6 is 0 Å². The van der Waals surface area contributed by atoms with Crippen LogP contribution in [0.3, 0.4) is 0 Å². The molecule has 136 valence electrons. The number of alkyl halides is 3. The lowest BCUT2D eigenvalue weighted by Crippen LogP contribution is -2.50. The van der Waals surface area contributed by atoms with Crippen LogP contribution in [0.2, 0.25) is 0 Å². The van der Waals surface area contributed by atoms with Crippen LogP contribution in [0.15, 0.2) is 17.1 Å². The van der Waals surface area contributed by atoms with E-state index in [1.54, 1.807) is 0 Å². The number of hydrogen-bond donors (Lipinski definition) is 1. The zero-order valence-electron chi connectivity index (χ0n) is 13.1. The Morgan fingerprint density at radius 1 is 1.28 bits per heavy atom. The average Bonchev–Trinajstić information content (AvgIpc) is 3.06. The Morgan fingerprint density at radius 2 is 1.96 bits per heavy atom. The van der Waals surface area contributed by atoms with Crippen LogP contribution < -0.4 is 15.6 Å². The second-order valence-electron chi connectivity index (χ2n) is 6.06. The van der Waals surface area contributed by atoms with E-state index in [-0.39, 0.29) is 12.6 Å². The van der Waals surface area contributed by atoms with Crippen molar-refractivity contribution in [3.8, 4) is 5.75 Å². The van der Waals surface area contributed by atoms with Crippen molar-refractivity contribution in [1.29, 1.82) is 0 Å². The van der Waals surface area contributed by atoms with Gasteiger partial charge in [-0.2, -0.15) is 13.2 Å². The number of ether oxygens (including phenoxy) is 1. The SMILES string of the molecule is O=C(Oc1c2n(ccc1=O)NCN(CC(F)(F)F)C2=O)C1CCCC1. The number of pyridine rings is 1. The summed E-state index contributed by atoms with van der Waals surface area (Å²) in [4.78, 5) is 37.1. The zero-order chi connectivity index (χ0) is 18.2. The monoisotopic (exact) mass is 359 g/mol. The van der Waals surface area contributed by atoms with E-state index in [0.717, 1.165) is 23.6 Å². The summed E-state index contributed by atoms with van der Waals surface area (Å²) in [5.74, 6) is -2.56. The maximum atomic E-state index is 12.6. The lowest BCUT2D eigenvalue weighted by atomic mass is 10.1. The number of esters is 1. The number of rotatable bonds is 3. The van der Waals surface area contributed by atoms with Gasteiger partial charge in [0.1, 0.15) is 13.2 Å². The highest BCUT2D eigenvalue weighted by Gasteiger charge is 2.38. The molecule has 1 N–H and O–H groups in total. The van der Waals surface area contributed by atoms with Gasteiger partial charge in [-0.05, 0) is 12.8 Å². The number of carbonyl (C=O) groups excluding carboxylic acids is 2. The molecule has 1 saturated carbocycles. The third kappa shape index (κ3) is 3.62. The molecular weight excluding hydrogens is 343 g/mol. The van der Waals surface area contributed by atoms with Crippen LogP contribution in [0.25, 0.3) is 0 Å². The highest BCUT2D eigenvalue weighted by atomic mass is 19.4. The van der Waals surface area contributed by atoms with E-state index in [1.807, 2.05) is 0 Å². The van der Waals surface area contributed by atoms with E-state index >= 15 is 0 Å². The molecule has 0 bridgehead atoms. The molecule has 1 aromatic heterocycles. The van der Waals surface area contributed by atoms with Gasteiger partial charge in [-0.3, -0.25) is 19.1 Å². The molecule has 7 nitrogen and oxygen atoms in total. The van der Waals surface area contributed by atoms with E-state index in [4.69, 9.17) is 4.74 Å². The summed E-state index contributed by atoms with van der Waals surface area (Å²) in [5.41, 5.74) is 1.43. The van der Waals surface area contributed by atoms with Crippen LogP contribution in [0, 0.1) is 5.92 Å². The molecule has 0 spiro atoms. The van der Waals surface area contributed by atoms with Gasteiger partial charge in [0.15, 0.2) is 5.69 Å². The minimum Gasteiger partial charge on any atom is -0.420 e. The molecule has 1 aliphatic heterocycles. The molecule has 1 aliphatic carbocycles. The molecule has 2 heterocycles. The Labute approximate surface area is 140 Å². The molecule has 1 aromatic rings. The summed E-state index contributed by atoms with van der Waals surface area (Å²) in [7, 11) is 0. The van der Waals surface area contributed by atoms with E-state index in [2.05, 4.69) is 5.43 Å². The van der Waals surface area contributed by atoms with Crippen LogP contribution in [-0.4, -0.2) is 40.8 Å². The topological polar surface area (TPSA) is 80.6 Å². The largest absolute Gasteiger partial charge is 0.420 e. The standard InChI is InChI=1S/C15H16F3N3O4/c16-15(17,18)7-20-8-19-21-6-5-10(22)12(11(21)13(20)23)25-14(24)9-3-1-2-4-9/h5-6,9,19H,1-4,7-8H2. The number of aromatic nitrogens is 1. The van der Waals surface area contributed by atoms with Crippen molar-refractivity contribution in [3.05, 3.63) is 28.2 Å². The van der Waals surface area contributed by atoms with Gasteiger partial charge in [0.2, 0.25) is 11.2 Å². The maximum Gasteiger partial charge on any atom is 0.406 e. The normalized spacial score (nSPS) is 18.0. The first-order chi connectivity index (χ1) is 11.8. The fourth-order valence-electron chi connectivity index (χ4n) is 3.02. The van der Waals surface area contributed by atoms with E-state index in [9.17, 15) is 27.6 Å². The number of amides is 1. The number of carbonyl (C=O) groups is 2. The van der Waals surface area contributed by atoms with Crippen LogP contribution in [-0.2, 0) is 4.79 Å². The molecule has 0 radical (unpaired) electrons. The van der Waals surface area contributed by atoms with Gasteiger partial charge in [0, 0.05) is 12.3 Å². The predicted molar refractivity (Wildman–Crippen MR) is 79.6 cm³/mol. The molecule has 1 fully saturated rings. The lowest BCUT2D eigenvalue weighted by Gasteiger charge is -2.32. The molecule has 3 rings (SSSR count). The van der Waals surface area contributed by atoms with E-state index < -0.39 is 41.5 Å². The van der Waals surface area contributed by atoms with E-state index in [1.165, 1.54) is 6.20 Å². The van der Waals surface area contributed by atoms with Crippen molar-refractivity contribution in [1.82, 2.24) is 9.58 Å². The van der Waals surface area contributed by atoms with Crippen molar-refractivity contribution in [2.24, 2.45) is 5.92 Å². The van der Waals surface area contributed by atoms with Crippen LogP contribution in [0.4, 0.5) is 13.2 Å². The summed E-state index contributed by atoms with van der Waals surface area (Å²) >= 11 is 0. The molecule has 0 aromatic carbocycles. The summed E-state index contributed by atoms with van der Waals surface area (Å²) < 4.78 is 44.1. The summed E-state index contributed by atoms with van der Waals surface area (Å²) in [6.07, 6.45) is -0.386. The quantitative estimate of drug-likeness (QED) is 0.827. The number of nitrogens with one attached hydrogen (secondary N) is 1. The third-order valence-corrected chi connectivity index (χ3v) is 4.24. The summed E-state index contributed by atoms with van der Waals surface area (Å²) in [6, 6.07) is 1.08. The molecule has 1 amide bonds. The lowest BCUT2D eigenvalue weighted by molar-refractivity contribution is -0.141. The van der Waals surface area contributed by atoms with Crippen LogP contribution in [0.5, 0.6) is 5.75 Å². The van der Waals surface area contributed by atoms with Gasteiger partial charge in [0.25, 0.3) is 5.91 Å². The number of nitrogens with zero attached hydrogens (tertiary/aromatic N) is 2. The van der Waals surface area contributed by atoms with Crippen LogP contribution in [0.1, 0.15) is 36.2 Å². The third-order valence-electron chi connectivity index (χ3n) is 4.24. The van der Waals surface area contributed by atoms with Gasteiger partial charge in [-0.15, -0.1) is 0 Å². The van der Waals surface area contributed by atoms with Crippen molar-refractivity contribution in [2.45, 2.75) is 31.9 Å². The fraction of sp³-hybridized carbons (Fsp3) is 0.533. The van der Waals surface area contributed by atoms with Gasteiger partial charge >= 0.3 is 12.1 Å². The minimum absolute atomic E-state index is 0.363. The molecule has 0 unspecified atom stereocenters. The Hall–Kier alpha value is -2.52. The molecular formula is C15H16F3N3O4. The Kier molecular flexibility index (Phi) is 4.44. The Bertz CT molecular complexity index is 753. The van der Waals surface area contributed by atoms with Crippen molar-refractivity contribution in [2.75, 3.05) is 18.6 Å². The average molecular weight is 359 g/mol. The predicted octanol–water partition coefficient (Wildman–Crippen LogP) is 1.46. The first-order valence-electron chi connectivity index (χ1n) is 7.83. The van der Waals surface area contributed by atoms with E-state index in [0.29, 0.717) is 17.7 Å². The van der Waals surface area contributed by atoms with Crippen molar-refractivity contribution < 1.29 is 27.5 Å². The summed E-state index contributed by atoms with van der Waals surface area (Å²) in [5, 5.41) is 0. The van der Waals surface area contributed by atoms with Crippen molar-refractivity contribution in [3.63, 3.8) is 0 Å². The number of hydrogen-bond acceptors (Lipinski definition) is 5. The number of halogens is 3. The van der Waals surface area contributed by atoms with Gasteiger partial charge in [-0.25, -0.2) is 0 Å². The molecule has 25 heavy (non-hydrogen) atoms.